The molecule has 0 unspecified atom stereocenters. The van der Waals surface area contributed by atoms with Gasteiger partial charge in [-0.1, -0.05) is 23.7 Å². The van der Waals surface area contributed by atoms with Gasteiger partial charge in [0.25, 0.3) is 0 Å². The van der Waals surface area contributed by atoms with E-state index in [2.05, 4.69) is 15.3 Å². The molecule has 0 saturated carbocycles. The van der Waals surface area contributed by atoms with Gasteiger partial charge in [0.1, 0.15) is 5.82 Å². The quantitative estimate of drug-likeness (QED) is 0.709. The average molecular weight is 370 g/mol. The molecule has 0 radical (unpaired) electrons. The van der Waals surface area contributed by atoms with Crippen molar-refractivity contribution in [2.75, 3.05) is 0 Å². The fourth-order valence-corrected chi connectivity index (χ4v) is 2.57. The molecule has 0 aliphatic rings. The van der Waals surface area contributed by atoms with Gasteiger partial charge in [0.2, 0.25) is 5.91 Å². The predicted octanol–water partition coefficient (Wildman–Crippen LogP) is 4.19. The van der Waals surface area contributed by atoms with E-state index in [0.717, 1.165) is 22.4 Å². The summed E-state index contributed by atoms with van der Waals surface area (Å²) < 4.78 is 13.4. The lowest BCUT2D eigenvalue weighted by molar-refractivity contribution is -0.121. The van der Waals surface area contributed by atoms with Gasteiger partial charge in [0, 0.05) is 37.1 Å². The first-order valence-corrected chi connectivity index (χ1v) is 8.55. The van der Waals surface area contributed by atoms with Gasteiger partial charge >= 0.3 is 0 Å². The van der Waals surface area contributed by atoms with Gasteiger partial charge in [-0.25, -0.2) is 4.39 Å². The van der Waals surface area contributed by atoms with E-state index in [9.17, 15) is 9.18 Å². The second kappa shape index (κ2) is 8.54. The first-order valence-electron chi connectivity index (χ1n) is 8.18. The van der Waals surface area contributed by atoms with Crippen molar-refractivity contribution in [2.45, 2.75) is 19.4 Å². The number of aromatic nitrogens is 2. The van der Waals surface area contributed by atoms with Crippen LogP contribution < -0.4 is 5.32 Å². The van der Waals surface area contributed by atoms with Crippen molar-refractivity contribution >= 4 is 17.5 Å². The summed E-state index contributed by atoms with van der Waals surface area (Å²) >= 11 is 5.65. The van der Waals surface area contributed by atoms with Gasteiger partial charge in [0.05, 0.1) is 10.7 Å². The third-order valence-corrected chi connectivity index (χ3v) is 4.20. The van der Waals surface area contributed by atoms with E-state index in [1.54, 1.807) is 24.7 Å². The second-order valence-electron chi connectivity index (χ2n) is 5.82. The summed E-state index contributed by atoms with van der Waals surface area (Å²) in [5.74, 6) is -0.568. The Morgan fingerprint density at radius 2 is 1.96 bits per heavy atom. The van der Waals surface area contributed by atoms with E-state index in [4.69, 9.17) is 11.6 Å². The van der Waals surface area contributed by atoms with Crippen LogP contribution in [0.3, 0.4) is 0 Å². The maximum Gasteiger partial charge on any atom is 0.220 e. The highest BCUT2D eigenvalue weighted by atomic mass is 35.5. The standard InChI is InChI=1S/C20H17ClFN3O/c21-17-6-3-14(10-18(17)22)5-8-20(26)25-12-15-4-7-19(24-11-15)16-2-1-9-23-13-16/h1-4,6-7,9-11,13H,5,8,12H2,(H,25,26). The number of amides is 1. The molecule has 2 heterocycles. The third kappa shape index (κ3) is 4.86. The van der Waals surface area contributed by atoms with E-state index in [-0.39, 0.29) is 17.4 Å². The average Bonchev–Trinajstić information content (AvgIpc) is 2.68. The van der Waals surface area contributed by atoms with E-state index < -0.39 is 5.82 Å². The molecular formula is C20H17ClFN3O. The SMILES string of the molecule is O=C(CCc1ccc(Cl)c(F)c1)NCc1ccc(-c2cccnc2)nc1. The van der Waals surface area contributed by atoms with E-state index in [0.29, 0.717) is 13.0 Å². The minimum Gasteiger partial charge on any atom is -0.352 e. The molecular weight excluding hydrogens is 353 g/mol. The van der Waals surface area contributed by atoms with Crippen molar-refractivity contribution in [3.05, 3.63) is 83.0 Å². The Labute approximate surface area is 156 Å². The summed E-state index contributed by atoms with van der Waals surface area (Å²) in [5.41, 5.74) is 3.42. The van der Waals surface area contributed by atoms with Gasteiger partial charge in [-0.05, 0) is 47.9 Å². The second-order valence-corrected chi connectivity index (χ2v) is 6.23. The van der Waals surface area contributed by atoms with Crippen LogP contribution in [0.25, 0.3) is 11.3 Å². The van der Waals surface area contributed by atoms with Crippen LogP contribution in [-0.4, -0.2) is 15.9 Å². The molecule has 6 heteroatoms. The molecule has 0 aliphatic heterocycles. The van der Waals surface area contributed by atoms with E-state index in [1.807, 2.05) is 24.3 Å². The number of rotatable bonds is 6. The van der Waals surface area contributed by atoms with Crippen LogP contribution >= 0.6 is 11.6 Å². The van der Waals surface area contributed by atoms with Crippen molar-refractivity contribution < 1.29 is 9.18 Å². The van der Waals surface area contributed by atoms with Crippen LogP contribution in [0.5, 0.6) is 0 Å². The van der Waals surface area contributed by atoms with Crippen molar-refractivity contribution in [2.24, 2.45) is 0 Å². The number of hydrogen-bond donors (Lipinski definition) is 1. The maximum atomic E-state index is 13.4. The fraction of sp³-hybridized carbons (Fsp3) is 0.150. The molecule has 0 atom stereocenters. The molecule has 1 N–H and O–H groups in total. The molecule has 0 spiro atoms. The van der Waals surface area contributed by atoms with Crippen molar-refractivity contribution in [1.29, 1.82) is 0 Å². The highest BCUT2D eigenvalue weighted by molar-refractivity contribution is 6.30. The molecule has 0 aliphatic carbocycles. The number of carbonyl (C=O) groups excluding carboxylic acids is 1. The Kier molecular flexibility index (Phi) is 5.92. The molecule has 0 fully saturated rings. The van der Waals surface area contributed by atoms with Crippen LogP contribution in [0.1, 0.15) is 17.5 Å². The Morgan fingerprint density at radius 1 is 1.12 bits per heavy atom. The lowest BCUT2D eigenvalue weighted by atomic mass is 10.1. The first-order chi connectivity index (χ1) is 12.6. The van der Waals surface area contributed by atoms with Crippen LogP contribution in [0, 0.1) is 5.82 Å². The van der Waals surface area contributed by atoms with Gasteiger partial charge in [-0.2, -0.15) is 0 Å². The molecule has 1 amide bonds. The van der Waals surface area contributed by atoms with Crippen molar-refractivity contribution in [3.8, 4) is 11.3 Å². The van der Waals surface area contributed by atoms with E-state index in [1.165, 1.54) is 12.1 Å². The minimum atomic E-state index is -0.468. The molecule has 4 nitrogen and oxygen atoms in total. The fourth-order valence-electron chi connectivity index (χ4n) is 2.46. The molecule has 26 heavy (non-hydrogen) atoms. The summed E-state index contributed by atoms with van der Waals surface area (Å²) in [6.45, 7) is 0.397. The van der Waals surface area contributed by atoms with Gasteiger partial charge in [0.15, 0.2) is 0 Å². The van der Waals surface area contributed by atoms with Crippen molar-refractivity contribution in [3.63, 3.8) is 0 Å². The largest absolute Gasteiger partial charge is 0.352 e. The molecule has 1 aromatic carbocycles. The Hall–Kier alpha value is -2.79. The van der Waals surface area contributed by atoms with Crippen LogP contribution in [0.2, 0.25) is 5.02 Å². The highest BCUT2D eigenvalue weighted by Crippen LogP contribution is 2.17. The molecule has 3 rings (SSSR count). The molecule has 0 bridgehead atoms. The van der Waals surface area contributed by atoms with Crippen LogP contribution in [0.4, 0.5) is 4.39 Å². The molecule has 3 aromatic rings. The van der Waals surface area contributed by atoms with Crippen LogP contribution in [0.15, 0.2) is 61.1 Å². The Morgan fingerprint density at radius 3 is 2.65 bits per heavy atom. The number of pyridine rings is 2. The first kappa shape index (κ1) is 18.0. The van der Waals surface area contributed by atoms with Gasteiger partial charge in [-0.15, -0.1) is 0 Å². The van der Waals surface area contributed by atoms with Crippen LogP contribution in [-0.2, 0) is 17.8 Å². The molecule has 132 valence electrons. The predicted molar refractivity (Wildman–Crippen MR) is 99.0 cm³/mol. The lowest BCUT2D eigenvalue weighted by Gasteiger charge is -2.07. The monoisotopic (exact) mass is 369 g/mol. The zero-order valence-electron chi connectivity index (χ0n) is 14.0. The van der Waals surface area contributed by atoms with Crippen molar-refractivity contribution in [1.82, 2.24) is 15.3 Å². The summed E-state index contributed by atoms with van der Waals surface area (Å²) in [6, 6.07) is 12.2. The topological polar surface area (TPSA) is 54.9 Å². The number of hydrogen-bond acceptors (Lipinski definition) is 3. The number of carbonyl (C=O) groups is 1. The number of benzene rings is 1. The van der Waals surface area contributed by atoms with Gasteiger partial charge in [-0.3, -0.25) is 14.8 Å². The summed E-state index contributed by atoms with van der Waals surface area (Å²) in [4.78, 5) is 20.4. The maximum absolute atomic E-state index is 13.4. The number of aryl methyl sites for hydroxylation is 1. The zero-order chi connectivity index (χ0) is 18.4. The number of nitrogens with one attached hydrogen (secondary N) is 1. The Bertz CT molecular complexity index is 885. The summed E-state index contributed by atoms with van der Waals surface area (Å²) in [7, 11) is 0. The highest BCUT2D eigenvalue weighted by Gasteiger charge is 2.06. The minimum absolute atomic E-state index is 0.0837. The summed E-state index contributed by atoms with van der Waals surface area (Å²) in [6.07, 6.45) is 5.94. The number of halogens is 2. The molecule has 2 aromatic heterocycles. The number of nitrogens with zero attached hydrogens (tertiary/aromatic N) is 2. The van der Waals surface area contributed by atoms with Gasteiger partial charge < -0.3 is 5.32 Å². The molecule has 0 saturated heterocycles. The Balaban J connectivity index is 1.49. The zero-order valence-corrected chi connectivity index (χ0v) is 14.7. The smallest absolute Gasteiger partial charge is 0.220 e. The van der Waals surface area contributed by atoms with E-state index >= 15 is 0 Å². The lowest BCUT2D eigenvalue weighted by Crippen LogP contribution is -2.23. The normalized spacial score (nSPS) is 10.5. The summed E-state index contributed by atoms with van der Waals surface area (Å²) in [5, 5.41) is 2.93. The third-order valence-electron chi connectivity index (χ3n) is 3.90.